The van der Waals surface area contributed by atoms with Gasteiger partial charge in [0.25, 0.3) is 5.95 Å². The fourth-order valence-electron chi connectivity index (χ4n) is 2.74. The van der Waals surface area contributed by atoms with Crippen molar-refractivity contribution in [1.29, 1.82) is 10.5 Å². The fraction of sp³-hybridized carbons (Fsp3) is 0.100. The van der Waals surface area contributed by atoms with Gasteiger partial charge >= 0.3 is 0 Å². The van der Waals surface area contributed by atoms with E-state index in [1.165, 1.54) is 24.3 Å². The van der Waals surface area contributed by atoms with Gasteiger partial charge < -0.3 is 10.5 Å². The maximum absolute atomic E-state index is 11.5. The molecule has 2 aromatic carbocycles. The van der Waals surface area contributed by atoms with E-state index in [2.05, 4.69) is 37.3 Å². The minimum atomic E-state index is -0.102. The summed E-state index contributed by atoms with van der Waals surface area (Å²) in [6.45, 7) is 3.61. The molecule has 0 aliphatic heterocycles. The SMILES string of the molecule is Cc1cc(C#N)cc(C)c1Oc1nc(N(N=O)c2ccc(C#N)cc2)nc(N)c1Br. The van der Waals surface area contributed by atoms with Crippen molar-refractivity contribution in [3.8, 4) is 23.8 Å². The Hall–Kier alpha value is -4.02. The molecule has 0 amide bonds. The van der Waals surface area contributed by atoms with Crippen molar-refractivity contribution in [2.45, 2.75) is 13.8 Å². The first-order valence-electron chi connectivity index (χ1n) is 8.53. The molecule has 0 spiro atoms. The zero-order valence-corrected chi connectivity index (χ0v) is 17.5. The van der Waals surface area contributed by atoms with Gasteiger partial charge in [0.1, 0.15) is 16.0 Å². The number of aromatic nitrogens is 2. The molecule has 10 heteroatoms. The molecule has 1 heterocycles. The number of nitrogens with two attached hydrogens (primary N) is 1. The second-order valence-electron chi connectivity index (χ2n) is 6.23. The highest BCUT2D eigenvalue weighted by molar-refractivity contribution is 9.10. The van der Waals surface area contributed by atoms with Gasteiger partial charge in [0.05, 0.1) is 34.2 Å². The Bertz CT molecular complexity index is 1190. The van der Waals surface area contributed by atoms with Crippen molar-refractivity contribution in [2.75, 3.05) is 10.7 Å². The molecule has 0 aliphatic rings. The number of nitrogen functional groups attached to an aromatic ring is 1. The number of nitroso groups, excluding NO2 is 1. The summed E-state index contributed by atoms with van der Waals surface area (Å²) in [5.74, 6) is 0.522. The Morgan fingerprint density at radius 1 is 1.07 bits per heavy atom. The lowest BCUT2D eigenvalue weighted by atomic mass is 10.1. The standard InChI is InChI=1S/C20H14BrN7O2/c1-11-7-14(10-23)8-12(2)17(11)30-19-16(21)18(24)25-20(26-19)28(27-29)15-5-3-13(9-22)4-6-15/h3-8H,1-2H3,(H2,24,25,26). The monoisotopic (exact) mass is 463 g/mol. The van der Waals surface area contributed by atoms with Gasteiger partial charge in [0.15, 0.2) is 0 Å². The van der Waals surface area contributed by atoms with Crippen LogP contribution in [0.15, 0.2) is 46.2 Å². The smallest absolute Gasteiger partial charge is 0.259 e. The third-order valence-corrected chi connectivity index (χ3v) is 4.88. The Balaban J connectivity index is 2.05. The van der Waals surface area contributed by atoms with E-state index in [0.29, 0.717) is 27.0 Å². The van der Waals surface area contributed by atoms with Gasteiger partial charge in [-0.2, -0.15) is 25.5 Å². The van der Waals surface area contributed by atoms with Crippen LogP contribution in [0.25, 0.3) is 0 Å². The van der Waals surface area contributed by atoms with Crippen LogP contribution in [0.2, 0.25) is 0 Å². The topological polar surface area (TPSA) is 141 Å². The maximum atomic E-state index is 11.5. The highest BCUT2D eigenvalue weighted by Gasteiger charge is 2.20. The molecule has 0 bridgehead atoms. The van der Waals surface area contributed by atoms with Crippen LogP contribution in [0.3, 0.4) is 0 Å². The molecule has 0 fully saturated rings. The van der Waals surface area contributed by atoms with Crippen LogP contribution in [0, 0.1) is 41.4 Å². The van der Waals surface area contributed by atoms with Gasteiger partial charge in [-0.1, -0.05) is 0 Å². The van der Waals surface area contributed by atoms with E-state index in [0.717, 1.165) is 16.1 Å². The molecule has 3 rings (SSSR count). The molecule has 30 heavy (non-hydrogen) atoms. The quantitative estimate of drug-likeness (QED) is 0.420. The summed E-state index contributed by atoms with van der Waals surface area (Å²) in [6.07, 6.45) is 0. The van der Waals surface area contributed by atoms with E-state index < -0.39 is 0 Å². The summed E-state index contributed by atoms with van der Waals surface area (Å²) < 4.78 is 6.26. The van der Waals surface area contributed by atoms with E-state index in [-0.39, 0.29) is 17.6 Å². The highest BCUT2D eigenvalue weighted by atomic mass is 79.9. The normalized spacial score (nSPS) is 10.0. The molecule has 9 nitrogen and oxygen atoms in total. The molecule has 0 aliphatic carbocycles. The molecule has 1 aromatic heterocycles. The first kappa shape index (κ1) is 20.7. The van der Waals surface area contributed by atoms with Gasteiger partial charge in [-0.25, -0.2) is 0 Å². The predicted octanol–water partition coefficient (Wildman–Crippen LogP) is 4.79. The summed E-state index contributed by atoms with van der Waals surface area (Å²) in [7, 11) is 0. The van der Waals surface area contributed by atoms with Crippen LogP contribution >= 0.6 is 15.9 Å². The zero-order valence-electron chi connectivity index (χ0n) is 15.9. The summed E-state index contributed by atoms with van der Waals surface area (Å²) in [4.78, 5) is 19.9. The van der Waals surface area contributed by atoms with Gasteiger partial charge in [-0.3, -0.25) is 0 Å². The molecule has 0 unspecified atom stereocenters. The van der Waals surface area contributed by atoms with E-state index in [9.17, 15) is 4.91 Å². The minimum absolute atomic E-state index is 0.0428. The number of aryl methyl sites for hydroxylation is 2. The molecule has 148 valence electrons. The van der Waals surface area contributed by atoms with Crippen molar-refractivity contribution in [3.63, 3.8) is 0 Å². The maximum Gasteiger partial charge on any atom is 0.259 e. The summed E-state index contributed by atoms with van der Waals surface area (Å²) in [5.41, 5.74) is 8.73. The lowest BCUT2D eigenvalue weighted by Crippen LogP contribution is -2.13. The third-order valence-electron chi connectivity index (χ3n) is 4.13. The second kappa shape index (κ2) is 8.55. The molecule has 0 saturated carbocycles. The largest absolute Gasteiger partial charge is 0.437 e. The van der Waals surface area contributed by atoms with Crippen molar-refractivity contribution in [1.82, 2.24) is 9.97 Å². The first-order chi connectivity index (χ1) is 14.4. The number of hydrogen-bond acceptors (Lipinski definition) is 8. The molecular weight excluding hydrogens is 450 g/mol. The van der Waals surface area contributed by atoms with Crippen LogP contribution in [-0.2, 0) is 0 Å². The van der Waals surface area contributed by atoms with E-state index in [1.807, 2.05) is 6.07 Å². The van der Waals surface area contributed by atoms with Crippen molar-refractivity contribution in [3.05, 3.63) is 68.0 Å². The lowest BCUT2D eigenvalue weighted by molar-refractivity contribution is 0.452. The van der Waals surface area contributed by atoms with Crippen LogP contribution < -0.4 is 15.5 Å². The number of benzene rings is 2. The highest BCUT2D eigenvalue weighted by Crippen LogP contribution is 2.37. The molecule has 2 N–H and O–H groups in total. The zero-order chi connectivity index (χ0) is 21.8. The van der Waals surface area contributed by atoms with E-state index in [1.54, 1.807) is 26.0 Å². The van der Waals surface area contributed by atoms with Gasteiger partial charge in [0, 0.05) is 0 Å². The number of nitriles is 2. The molecule has 0 radical (unpaired) electrons. The van der Waals surface area contributed by atoms with Crippen LogP contribution in [-0.4, -0.2) is 9.97 Å². The second-order valence-corrected chi connectivity index (χ2v) is 7.03. The fourth-order valence-corrected chi connectivity index (χ4v) is 3.00. The average Bonchev–Trinajstić information content (AvgIpc) is 2.74. The Labute approximate surface area is 180 Å². The third kappa shape index (κ3) is 4.04. The molecule has 3 aromatic rings. The average molecular weight is 464 g/mol. The molecule has 0 atom stereocenters. The Morgan fingerprint density at radius 2 is 1.67 bits per heavy atom. The van der Waals surface area contributed by atoms with E-state index in [4.69, 9.17) is 21.0 Å². The Kier molecular flexibility index (Phi) is 5.90. The first-order valence-corrected chi connectivity index (χ1v) is 9.33. The predicted molar refractivity (Wildman–Crippen MR) is 114 cm³/mol. The molecule has 0 saturated heterocycles. The number of ether oxygens (including phenoxy) is 1. The van der Waals surface area contributed by atoms with Crippen LogP contribution in [0.4, 0.5) is 17.5 Å². The molecular formula is C20H14BrN7O2. The van der Waals surface area contributed by atoms with Crippen LogP contribution in [0.1, 0.15) is 22.3 Å². The number of halogens is 1. The van der Waals surface area contributed by atoms with Gasteiger partial charge in [0.2, 0.25) is 5.88 Å². The van der Waals surface area contributed by atoms with Crippen molar-refractivity contribution >= 4 is 33.4 Å². The summed E-state index contributed by atoms with van der Waals surface area (Å²) >= 11 is 3.30. The summed E-state index contributed by atoms with van der Waals surface area (Å²) in [6, 6.07) is 13.6. The summed E-state index contributed by atoms with van der Waals surface area (Å²) in [5, 5.41) is 22.0. The van der Waals surface area contributed by atoms with Crippen molar-refractivity contribution < 1.29 is 4.74 Å². The number of hydrogen-bond donors (Lipinski definition) is 1. The van der Waals surface area contributed by atoms with Gasteiger partial charge in [-0.05, 0) is 77.3 Å². The van der Waals surface area contributed by atoms with Gasteiger partial charge in [-0.15, -0.1) is 4.91 Å². The number of rotatable bonds is 5. The van der Waals surface area contributed by atoms with Crippen LogP contribution in [0.5, 0.6) is 11.6 Å². The Morgan fingerprint density at radius 3 is 2.20 bits per heavy atom. The number of nitrogens with zero attached hydrogens (tertiary/aromatic N) is 6. The van der Waals surface area contributed by atoms with Crippen molar-refractivity contribution in [2.24, 2.45) is 5.29 Å². The number of anilines is 3. The van der Waals surface area contributed by atoms with E-state index >= 15 is 0 Å². The minimum Gasteiger partial charge on any atom is -0.437 e. The lowest BCUT2D eigenvalue weighted by Gasteiger charge is -2.17.